The number of carbonyl (C=O) groups excluding carboxylic acids is 1. The van der Waals surface area contributed by atoms with Gasteiger partial charge < -0.3 is 10.4 Å². The van der Waals surface area contributed by atoms with Gasteiger partial charge in [0.15, 0.2) is 0 Å². The highest BCUT2D eigenvalue weighted by Crippen LogP contribution is 2.20. The molecule has 0 spiro atoms. The molecule has 21 heavy (non-hydrogen) atoms. The van der Waals surface area contributed by atoms with Gasteiger partial charge in [-0.3, -0.25) is 9.78 Å². The Morgan fingerprint density at radius 3 is 2.76 bits per heavy atom. The van der Waals surface area contributed by atoms with Crippen LogP contribution in [0.3, 0.4) is 0 Å². The molecule has 0 aliphatic carbocycles. The van der Waals surface area contributed by atoms with Gasteiger partial charge in [0, 0.05) is 18.0 Å². The molecule has 1 unspecified atom stereocenters. The molecular formula is C17H20N2O2. The lowest BCUT2D eigenvalue weighted by Gasteiger charge is -2.14. The number of hydrogen-bond acceptors (Lipinski definition) is 3. The third-order valence-corrected chi connectivity index (χ3v) is 3.40. The molecule has 1 aromatic carbocycles. The van der Waals surface area contributed by atoms with Gasteiger partial charge in [-0.25, -0.2) is 0 Å². The van der Waals surface area contributed by atoms with Gasteiger partial charge in [0.2, 0.25) is 0 Å². The van der Waals surface area contributed by atoms with E-state index in [1.54, 1.807) is 12.4 Å². The van der Waals surface area contributed by atoms with E-state index in [0.717, 1.165) is 16.7 Å². The maximum Gasteiger partial charge on any atom is 0.253 e. The summed E-state index contributed by atoms with van der Waals surface area (Å²) < 4.78 is 0. The molecule has 2 rings (SSSR count). The summed E-state index contributed by atoms with van der Waals surface area (Å²) in [6.45, 7) is 3.89. The van der Waals surface area contributed by atoms with Crippen LogP contribution in [-0.2, 0) is 0 Å². The van der Waals surface area contributed by atoms with Crippen molar-refractivity contribution in [1.82, 2.24) is 10.3 Å². The molecule has 1 aromatic heterocycles. The van der Waals surface area contributed by atoms with Gasteiger partial charge in [-0.1, -0.05) is 36.8 Å². The minimum Gasteiger partial charge on any atom is -0.394 e. The van der Waals surface area contributed by atoms with E-state index in [-0.39, 0.29) is 18.6 Å². The van der Waals surface area contributed by atoms with Crippen LogP contribution in [0.2, 0.25) is 0 Å². The number of hydrogen-bond donors (Lipinski definition) is 2. The average molecular weight is 284 g/mol. The lowest BCUT2D eigenvalue weighted by Crippen LogP contribution is -2.36. The van der Waals surface area contributed by atoms with Crippen molar-refractivity contribution in [2.45, 2.75) is 26.3 Å². The molecule has 0 aliphatic rings. The highest BCUT2D eigenvalue weighted by molar-refractivity contribution is 5.95. The highest BCUT2D eigenvalue weighted by atomic mass is 16.3. The third kappa shape index (κ3) is 3.89. The molecule has 0 saturated carbocycles. The molecular weight excluding hydrogens is 264 g/mol. The molecule has 4 heteroatoms. The van der Waals surface area contributed by atoms with Crippen molar-refractivity contribution >= 4 is 5.91 Å². The first-order valence-corrected chi connectivity index (χ1v) is 7.08. The van der Waals surface area contributed by atoms with Crippen LogP contribution >= 0.6 is 0 Å². The number of aryl methyl sites for hydroxylation is 1. The Kier molecular flexibility index (Phi) is 5.06. The fourth-order valence-corrected chi connectivity index (χ4v) is 2.09. The van der Waals surface area contributed by atoms with Crippen molar-refractivity contribution in [2.24, 2.45) is 0 Å². The van der Waals surface area contributed by atoms with E-state index in [9.17, 15) is 4.79 Å². The SMILES string of the molecule is CCC(CO)NC(=O)c1cncc(-c2cccc(C)c2)c1. The zero-order valence-electron chi connectivity index (χ0n) is 12.3. The number of rotatable bonds is 5. The van der Waals surface area contributed by atoms with Crippen LogP contribution in [0, 0.1) is 6.92 Å². The molecule has 1 amide bonds. The zero-order valence-corrected chi connectivity index (χ0v) is 12.3. The van der Waals surface area contributed by atoms with Gasteiger partial charge in [0.05, 0.1) is 18.2 Å². The molecule has 1 atom stereocenters. The van der Waals surface area contributed by atoms with E-state index >= 15 is 0 Å². The summed E-state index contributed by atoms with van der Waals surface area (Å²) >= 11 is 0. The fourth-order valence-electron chi connectivity index (χ4n) is 2.09. The fraction of sp³-hybridized carbons (Fsp3) is 0.294. The van der Waals surface area contributed by atoms with Gasteiger partial charge in [0.25, 0.3) is 5.91 Å². The van der Waals surface area contributed by atoms with Crippen LogP contribution in [0.5, 0.6) is 0 Å². The maximum atomic E-state index is 12.2. The van der Waals surface area contributed by atoms with Crippen LogP contribution in [-0.4, -0.2) is 28.6 Å². The van der Waals surface area contributed by atoms with Gasteiger partial charge in [-0.2, -0.15) is 0 Å². The van der Waals surface area contributed by atoms with Crippen LogP contribution < -0.4 is 5.32 Å². The van der Waals surface area contributed by atoms with Gasteiger partial charge in [-0.15, -0.1) is 0 Å². The molecule has 1 heterocycles. The Morgan fingerprint density at radius 1 is 1.29 bits per heavy atom. The Labute approximate surface area is 124 Å². The predicted octanol–water partition coefficient (Wildman–Crippen LogP) is 2.56. The Morgan fingerprint density at radius 2 is 2.10 bits per heavy atom. The average Bonchev–Trinajstić information content (AvgIpc) is 2.52. The van der Waals surface area contributed by atoms with E-state index in [1.807, 2.05) is 38.1 Å². The van der Waals surface area contributed by atoms with E-state index < -0.39 is 0 Å². The van der Waals surface area contributed by atoms with Gasteiger partial charge in [0.1, 0.15) is 0 Å². The molecule has 0 saturated heterocycles. The number of nitrogens with one attached hydrogen (secondary N) is 1. The second-order valence-electron chi connectivity index (χ2n) is 5.09. The summed E-state index contributed by atoms with van der Waals surface area (Å²) in [4.78, 5) is 16.3. The van der Waals surface area contributed by atoms with Gasteiger partial charge in [-0.05, 0) is 25.0 Å². The van der Waals surface area contributed by atoms with Crippen molar-refractivity contribution in [3.8, 4) is 11.1 Å². The highest BCUT2D eigenvalue weighted by Gasteiger charge is 2.12. The van der Waals surface area contributed by atoms with Crippen LogP contribution in [0.1, 0.15) is 29.3 Å². The number of carbonyl (C=O) groups is 1. The third-order valence-electron chi connectivity index (χ3n) is 3.40. The molecule has 0 aliphatic heterocycles. The van der Waals surface area contributed by atoms with E-state index in [0.29, 0.717) is 12.0 Å². The van der Waals surface area contributed by atoms with Crippen LogP contribution in [0.15, 0.2) is 42.7 Å². The standard InChI is InChI=1S/C17H20N2O2/c1-3-16(11-20)19-17(21)15-8-14(9-18-10-15)13-6-4-5-12(2)7-13/h4-10,16,20H,3,11H2,1-2H3,(H,19,21). The minimum atomic E-state index is -0.222. The number of benzene rings is 1. The lowest BCUT2D eigenvalue weighted by atomic mass is 10.0. The predicted molar refractivity (Wildman–Crippen MR) is 83.0 cm³/mol. The maximum absolute atomic E-state index is 12.2. The largest absolute Gasteiger partial charge is 0.394 e. The van der Waals surface area contributed by atoms with E-state index in [4.69, 9.17) is 5.11 Å². The smallest absolute Gasteiger partial charge is 0.253 e. The summed E-state index contributed by atoms with van der Waals surface area (Å²) in [6.07, 6.45) is 3.97. The molecule has 0 fully saturated rings. The Balaban J connectivity index is 2.23. The summed E-state index contributed by atoms with van der Waals surface area (Å²) in [6, 6.07) is 9.66. The van der Waals surface area contributed by atoms with E-state index in [2.05, 4.69) is 16.4 Å². The minimum absolute atomic E-state index is 0.0623. The quantitative estimate of drug-likeness (QED) is 0.887. The van der Waals surface area contributed by atoms with E-state index in [1.165, 1.54) is 0 Å². The number of amides is 1. The summed E-state index contributed by atoms with van der Waals surface area (Å²) in [5.41, 5.74) is 3.60. The van der Waals surface area contributed by atoms with Crippen molar-refractivity contribution in [3.63, 3.8) is 0 Å². The number of pyridine rings is 1. The van der Waals surface area contributed by atoms with Crippen molar-refractivity contribution in [1.29, 1.82) is 0 Å². The van der Waals surface area contributed by atoms with Crippen LogP contribution in [0.4, 0.5) is 0 Å². The zero-order chi connectivity index (χ0) is 15.2. The van der Waals surface area contributed by atoms with Crippen molar-refractivity contribution in [2.75, 3.05) is 6.61 Å². The number of nitrogens with zero attached hydrogens (tertiary/aromatic N) is 1. The first-order chi connectivity index (χ1) is 10.1. The molecule has 0 radical (unpaired) electrons. The summed E-state index contributed by atoms with van der Waals surface area (Å²) in [5.74, 6) is -0.210. The van der Waals surface area contributed by atoms with Crippen molar-refractivity contribution < 1.29 is 9.90 Å². The molecule has 110 valence electrons. The topological polar surface area (TPSA) is 62.2 Å². The normalized spacial score (nSPS) is 12.0. The summed E-state index contributed by atoms with van der Waals surface area (Å²) in [7, 11) is 0. The molecule has 2 N–H and O–H groups in total. The first-order valence-electron chi connectivity index (χ1n) is 7.08. The lowest BCUT2D eigenvalue weighted by molar-refractivity contribution is 0.0914. The second-order valence-corrected chi connectivity index (χ2v) is 5.09. The molecule has 2 aromatic rings. The number of aromatic nitrogens is 1. The number of aliphatic hydroxyl groups is 1. The molecule has 4 nitrogen and oxygen atoms in total. The Bertz CT molecular complexity index is 622. The number of aliphatic hydroxyl groups excluding tert-OH is 1. The summed E-state index contributed by atoms with van der Waals surface area (Å²) in [5, 5.41) is 11.9. The first kappa shape index (κ1) is 15.2. The monoisotopic (exact) mass is 284 g/mol. The Hall–Kier alpha value is -2.20. The van der Waals surface area contributed by atoms with Gasteiger partial charge >= 0.3 is 0 Å². The second kappa shape index (κ2) is 6.99. The van der Waals surface area contributed by atoms with Crippen molar-refractivity contribution in [3.05, 3.63) is 53.9 Å². The molecule has 0 bridgehead atoms. The van der Waals surface area contributed by atoms with Crippen LogP contribution in [0.25, 0.3) is 11.1 Å².